The van der Waals surface area contributed by atoms with Crippen molar-refractivity contribution >= 4 is 34.8 Å². The predicted octanol–water partition coefficient (Wildman–Crippen LogP) is 4.51. The lowest BCUT2D eigenvalue weighted by atomic mass is 10.2. The van der Waals surface area contributed by atoms with Crippen LogP contribution in [0.25, 0.3) is 0 Å². The van der Waals surface area contributed by atoms with E-state index in [-0.39, 0.29) is 0 Å². The van der Waals surface area contributed by atoms with E-state index in [4.69, 9.17) is 26.4 Å². The number of benzene rings is 2. The van der Waals surface area contributed by atoms with E-state index in [2.05, 4.69) is 10.6 Å². The summed E-state index contributed by atoms with van der Waals surface area (Å²) in [6.07, 6.45) is 0. The highest BCUT2D eigenvalue weighted by molar-refractivity contribution is 7.99. The van der Waals surface area contributed by atoms with Crippen molar-refractivity contribution in [3.8, 4) is 17.2 Å². The van der Waals surface area contributed by atoms with Crippen LogP contribution in [0.3, 0.4) is 0 Å². The van der Waals surface area contributed by atoms with Gasteiger partial charge in [0, 0.05) is 17.1 Å². The first-order chi connectivity index (χ1) is 13.0. The molecule has 0 aliphatic heterocycles. The molecular formula is C18H20F2N2O3S2. The van der Waals surface area contributed by atoms with E-state index < -0.39 is 5.76 Å². The number of halogens is 2. The lowest BCUT2D eigenvalue weighted by Gasteiger charge is -2.15. The van der Waals surface area contributed by atoms with Gasteiger partial charge in [0.1, 0.15) is 0 Å². The minimum absolute atomic E-state index is 0.401. The summed E-state index contributed by atoms with van der Waals surface area (Å²) in [4.78, 5) is 0.492. The second-order valence-electron chi connectivity index (χ2n) is 5.24. The Labute approximate surface area is 166 Å². The van der Waals surface area contributed by atoms with Crippen molar-refractivity contribution < 1.29 is 23.0 Å². The minimum atomic E-state index is -2.44. The second-order valence-corrected chi connectivity index (χ2v) is 6.72. The highest BCUT2D eigenvalue weighted by Gasteiger charge is 2.13. The zero-order valence-electron chi connectivity index (χ0n) is 15.0. The van der Waals surface area contributed by atoms with Crippen LogP contribution in [0.4, 0.5) is 14.5 Å². The maximum Gasteiger partial charge on any atom is 0.288 e. The second kappa shape index (κ2) is 10.2. The number of ether oxygens (including phenoxy) is 3. The fourth-order valence-corrected chi connectivity index (χ4v) is 3.00. The fourth-order valence-electron chi connectivity index (χ4n) is 2.31. The van der Waals surface area contributed by atoms with Crippen LogP contribution in [0.5, 0.6) is 17.2 Å². The van der Waals surface area contributed by atoms with Crippen LogP contribution in [0, 0.1) is 0 Å². The Morgan fingerprint density at radius 2 is 1.63 bits per heavy atom. The first-order valence-corrected chi connectivity index (χ1v) is 9.14. The Balaban J connectivity index is 1.97. The Hall–Kier alpha value is -2.26. The zero-order chi connectivity index (χ0) is 19.8. The van der Waals surface area contributed by atoms with Gasteiger partial charge in [-0.15, -0.1) is 0 Å². The van der Waals surface area contributed by atoms with Crippen molar-refractivity contribution in [2.24, 2.45) is 0 Å². The van der Waals surface area contributed by atoms with Gasteiger partial charge in [0.25, 0.3) is 5.76 Å². The largest absolute Gasteiger partial charge is 0.493 e. The van der Waals surface area contributed by atoms with Crippen LogP contribution < -0.4 is 24.8 Å². The molecule has 27 heavy (non-hydrogen) atoms. The van der Waals surface area contributed by atoms with Crippen LogP contribution in [-0.2, 0) is 6.54 Å². The van der Waals surface area contributed by atoms with Crippen LogP contribution in [0.2, 0.25) is 0 Å². The van der Waals surface area contributed by atoms with Crippen molar-refractivity contribution in [1.82, 2.24) is 5.32 Å². The van der Waals surface area contributed by atoms with Crippen LogP contribution >= 0.6 is 24.0 Å². The predicted molar refractivity (Wildman–Crippen MR) is 107 cm³/mol. The van der Waals surface area contributed by atoms with E-state index in [1.54, 1.807) is 45.6 Å². The number of thioether (sulfide) groups is 1. The number of hydrogen-bond acceptors (Lipinski definition) is 5. The van der Waals surface area contributed by atoms with E-state index >= 15 is 0 Å². The maximum atomic E-state index is 12.3. The van der Waals surface area contributed by atoms with E-state index in [0.29, 0.717) is 51.3 Å². The van der Waals surface area contributed by atoms with Gasteiger partial charge in [-0.3, -0.25) is 0 Å². The molecule has 2 aromatic rings. The molecule has 0 amide bonds. The highest BCUT2D eigenvalue weighted by atomic mass is 32.2. The normalized spacial score (nSPS) is 10.4. The van der Waals surface area contributed by atoms with Crippen LogP contribution in [0.1, 0.15) is 5.56 Å². The molecule has 0 aromatic heterocycles. The molecule has 0 saturated carbocycles. The summed E-state index contributed by atoms with van der Waals surface area (Å²) in [6.45, 7) is 0.432. The Morgan fingerprint density at radius 3 is 2.11 bits per heavy atom. The summed E-state index contributed by atoms with van der Waals surface area (Å²) in [7, 11) is 4.65. The zero-order valence-corrected chi connectivity index (χ0v) is 16.7. The third kappa shape index (κ3) is 6.14. The van der Waals surface area contributed by atoms with Gasteiger partial charge in [-0.05, 0) is 54.2 Å². The van der Waals surface area contributed by atoms with Gasteiger partial charge in [0.2, 0.25) is 5.75 Å². The molecule has 0 atom stereocenters. The van der Waals surface area contributed by atoms with E-state index in [0.717, 1.165) is 5.56 Å². The molecule has 0 saturated heterocycles. The van der Waals surface area contributed by atoms with Gasteiger partial charge in [0.15, 0.2) is 16.6 Å². The molecule has 0 aliphatic rings. The molecule has 5 nitrogen and oxygen atoms in total. The summed E-state index contributed by atoms with van der Waals surface area (Å²) < 4.78 is 40.6. The molecule has 2 aromatic carbocycles. The SMILES string of the molecule is COc1cc(CNC(=S)Nc2ccc(SC(F)F)cc2)cc(OC)c1OC. The maximum absolute atomic E-state index is 12.3. The lowest BCUT2D eigenvalue weighted by Crippen LogP contribution is -2.27. The van der Waals surface area contributed by atoms with E-state index in [1.807, 2.05) is 12.1 Å². The average molecular weight is 414 g/mol. The molecule has 0 unspecified atom stereocenters. The summed E-state index contributed by atoms with van der Waals surface area (Å²) >= 11 is 5.77. The molecule has 0 fully saturated rings. The number of anilines is 1. The molecular weight excluding hydrogens is 394 g/mol. The molecule has 0 heterocycles. The average Bonchev–Trinajstić information content (AvgIpc) is 2.66. The number of methoxy groups -OCH3 is 3. The minimum Gasteiger partial charge on any atom is -0.493 e. The van der Waals surface area contributed by atoms with Crippen molar-refractivity contribution in [3.05, 3.63) is 42.0 Å². The molecule has 0 aliphatic carbocycles. The van der Waals surface area contributed by atoms with Crippen LogP contribution in [-0.4, -0.2) is 32.2 Å². The van der Waals surface area contributed by atoms with Crippen molar-refractivity contribution in [2.45, 2.75) is 17.2 Å². The standard InChI is InChI=1S/C18H20F2N2O3S2/c1-23-14-8-11(9-15(24-2)16(14)25-3)10-21-18(26)22-12-4-6-13(7-5-12)27-17(19)20/h4-9,17H,10H2,1-3H3,(H2,21,22,26). The van der Waals surface area contributed by atoms with Gasteiger partial charge in [0.05, 0.1) is 21.3 Å². The van der Waals surface area contributed by atoms with Gasteiger partial charge >= 0.3 is 0 Å². The van der Waals surface area contributed by atoms with E-state index in [9.17, 15) is 8.78 Å². The van der Waals surface area contributed by atoms with Gasteiger partial charge < -0.3 is 24.8 Å². The first-order valence-electron chi connectivity index (χ1n) is 7.85. The third-order valence-electron chi connectivity index (χ3n) is 3.51. The summed E-state index contributed by atoms with van der Waals surface area (Å²) in [5.41, 5.74) is 1.59. The van der Waals surface area contributed by atoms with Gasteiger partial charge in [-0.25, -0.2) is 0 Å². The molecule has 2 rings (SSSR count). The molecule has 146 valence electrons. The first kappa shape index (κ1) is 21.0. The topological polar surface area (TPSA) is 51.8 Å². The number of alkyl halides is 2. The molecule has 0 radical (unpaired) electrons. The molecule has 0 spiro atoms. The Kier molecular flexibility index (Phi) is 7.93. The lowest BCUT2D eigenvalue weighted by molar-refractivity contribution is 0.252. The Bertz CT molecular complexity index is 749. The fraction of sp³-hybridized carbons (Fsp3) is 0.278. The summed E-state index contributed by atoms with van der Waals surface area (Å²) in [5.74, 6) is -0.810. The van der Waals surface area contributed by atoms with Gasteiger partial charge in [-0.1, -0.05) is 11.8 Å². The number of rotatable bonds is 8. The summed E-state index contributed by atoms with van der Waals surface area (Å²) in [5, 5.41) is 6.49. The quantitative estimate of drug-likeness (QED) is 0.487. The Morgan fingerprint density at radius 1 is 1.04 bits per heavy atom. The van der Waals surface area contributed by atoms with E-state index in [1.165, 1.54) is 0 Å². The number of hydrogen-bond donors (Lipinski definition) is 2. The number of nitrogens with one attached hydrogen (secondary N) is 2. The third-order valence-corrected chi connectivity index (χ3v) is 4.48. The van der Waals surface area contributed by atoms with Crippen LogP contribution in [0.15, 0.2) is 41.3 Å². The smallest absolute Gasteiger partial charge is 0.288 e. The summed E-state index contributed by atoms with van der Waals surface area (Å²) in [6, 6.07) is 10.3. The highest BCUT2D eigenvalue weighted by Crippen LogP contribution is 2.38. The molecule has 2 N–H and O–H groups in total. The van der Waals surface area contributed by atoms with Crippen molar-refractivity contribution in [1.29, 1.82) is 0 Å². The number of thiocarbonyl (C=S) groups is 1. The molecule has 9 heteroatoms. The van der Waals surface area contributed by atoms with Gasteiger partial charge in [-0.2, -0.15) is 8.78 Å². The van der Waals surface area contributed by atoms with Crippen molar-refractivity contribution in [2.75, 3.05) is 26.6 Å². The monoisotopic (exact) mass is 414 g/mol. The molecule has 0 bridgehead atoms. The van der Waals surface area contributed by atoms with Crippen molar-refractivity contribution in [3.63, 3.8) is 0 Å².